The Labute approximate surface area is 190 Å². The predicted molar refractivity (Wildman–Crippen MR) is 130 cm³/mol. The number of nitrogens with one attached hydrogen (secondary N) is 1. The summed E-state index contributed by atoms with van der Waals surface area (Å²) in [5.41, 5.74) is 4.70. The lowest BCUT2D eigenvalue weighted by Crippen LogP contribution is -2.43. The number of rotatable bonds is 7. The van der Waals surface area contributed by atoms with Crippen LogP contribution in [-0.2, 0) is 11.2 Å². The van der Waals surface area contributed by atoms with Crippen molar-refractivity contribution in [2.45, 2.75) is 45.6 Å². The van der Waals surface area contributed by atoms with Crippen LogP contribution in [0.1, 0.15) is 37.3 Å². The fourth-order valence-electron chi connectivity index (χ4n) is 4.26. The van der Waals surface area contributed by atoms with Crippen molar-refractivity contribution >= 4 is 11.9 Å². The zero-order valence-corrected chi connectivity index (χ0v) is 19.0. The molecule has 1 aliphatic rings. The average molecular weight is 429 g/mol. The van der Waals surface area contributed by atoms with Gasteiger partial charge in [0.1, 0.15) is 0 Å². The number of aromatic nitrogens is 2. The maximum Gasteiger partial charge on any atom is 0.225 e. The van der Waals surface area contributed by atoms with Crippen LogP contribution in [0.15, 0.2) is 67.0 Å². The predicted octanol–water partition coefficient (Wildman–Crippen LogP) is 4.81. The van der Waals surface area contributed by atoms with Gasteiger partial charge < -0.3 is 10.2 Å². The van der Waals surface area contributed by atoms with Crippen LogP contribution in [0.3, 0.4) is 0 Å². The van der Waals surface area contributed by atoms with E-state index in [1.54, 1.807) is 0 Å². The van der Waals surface area contributed by atoms with Gasteiger partial charge in [-0.2, -0.15) is 0 Å². The number of benzene rings is 2. The van der Waals surface area contributed by atoms with Gasteiger partial charge in [-0.25, -0.2) is 9.97 Å². The van der Waals surface area contributed by atoms with Gasteiger partial charge in [0, 0.05) is 43.0 Å². The number of anilines is 1. The van der Waals surface area contributed by atoms with Crippen LogP contribution in [-0.4, -0.2) is 35.0 Å². The molecule has 32 heavy (non-hydrogen) atoms. The van der Waals surface area contributed by atoms with E-state index in [4.69, 9.17) is 0 Å². The molecule has 0 saturated carbocycles. The number of aryl methyl sites for hydroxylation is 2. The van der Waals surface area contributed by atoms with Crippen LogP contribution in [0.2, 0.25) is 0 Å². The summed E-state index contributed by atoms with van der Waals surface area (Å²) in [4.78, 5) is 24.1. The van der Waals surface area contributed by atoms with E-state index >= 15 is 0 Å². The normalized spacial score (nSPS) is 15.4. The standard InChI is InChI=1S/C27H32N4O/c1-20-7-6-10-24(17-20)25-18-28-27(29-19-25)31-15-13-23(14-16-31)26(32)30-21(2)11-12-22-8-4-3-5-9-22/h3-10,17-19,21,23H,11-16H2,1-2H3,(H,30,32)/t21-/m0/s1. The highest BCUT2D eigenvalue weighted by Crippen LogP contribution is 2.23. The molecule has 2 aromatic carbocycles. The van der Waals surface area contributed by atoms with E-state index in [2.05, 4.69) is 82.6 Å². The van der Waals surface area contributed by atoms with E-state index in [0.717, 1.165) is 55.8 Å². The highest BCUT2D eigenvalue weighted by molar-refractivity contribution is 5.79. The van der Waals surface area contributed by atoms with E-state index in [-0.39, 0.29) is 17.9 Å². The third-order valence-corrected chi connectivity index (χ3v) is 6.24. The second kappa shape index (κ2) is 10.4. The van der Waals surface area contributed by atoms with Crippen LogP contribution in [0, 0.1) is 12.8 Å². The van der Waals surface area contributed by atoms with Crippen molar-refractivity contribution < 1.29 is 4.79 Å². The van der Waals surface area contributed by atoms with Crippen molar-refractivity contribution in [1.29, 1.82) is 0 Å². The van der Waals surface area contributed by atoms with E-state index in [1.807, 2.05) is 18.5 Å². The Kier molecular flexibility index (Phi) is 7.15. The Morgan fingerprint density at radius 1 is 1.03 bits per heavy atom. The lowest BCUT2D eigenvalue weighted by atomic mass is 9.95. The fourth-order valence-corrected chi connectivity index (χ4v) is 4.26. The number of piperidine rings is 1. The summed E-state index contributed by atoms with van der Waals surface area (Å²) in [7, 11) is 0. The van der Waals surface area contributed by atoms with Crippen LogP contribution in [0.5, 0.6) is 0 Å². The summed E-state index contributed by atoms with van der Waals surface area (Å²) in [5, 5.41) is 3.22. The van der Waals surface area contributed by atoms with Gasteiger partial charge in [0.05, 0.1) is 0 Å². The van der Waals surface area contributed by atoms with Gasteiger partial charge in [-0.05, 0) is 50.7 Å². The van der Waals surface area contributed by atoms with Crippen LogP contribution >= 0.6 is 0 Å². The molecule has 1 saturated heterocycles. The molecule has 3 aromatic rings. The molecule has 1 amide bonds. The van der Waals surface area contributed by atoms with E-state index in [9.17, 15) is 4.79 Å². The Balaban J connectivity index is 1.25. The van der Waals surface area contributed by atoms with Crippen LogP contribution in [0.25, 0.3) is 11.1 Å². The smallest absolute Gasteiger partial charge is 0.225 e. The number of carbonyl (C=O) groups is 1. The Bertz CT molecular complexity index is 1010. The van der Waals surface area contributed by atoms with Crippen molar-refractivity contribution in [2.24, 2.45) is 5.92 Å². The minimum absolute atomic E-state index is 0.0667. The molecular formula is C27H32N4O. The first-order chi connectivity index (χ1) is 15.6. The highest BCUT2D eigenvalue weighted by Gasteiger charge is 2.26. The van der Waals surface area contributed by atoms with Gasteiger partial charge in [-0.15, -0.1) is 0 Å². The molecule has 1 aromatic heterocycles. The van der Waals surface area contributed by atoms with Gasteiger partial charge in [-0.1, -0.05) is 60.2 Å². The number of nitrogens with zero attached hydrogens (tertiary/aromatic N) is 3. The zero-order valence-electron chi connectivity index (χ0n) is 19.0. The maximum absolute atomic E-state index is 12.7. The quantitative estimate of drug-likeness (QED) is 0.587. The van der Waals surface area contributed by atoms with Gasteiger partial charge in [0.25, 0.3) is 0 Å². The van der Waals surface area contributed by atoms with Gasteiger partial charge in [0.2, 0.25) is 11.9 Å². The minimum Gasteiger partial charge on any atom is -0.353 e. The molecule has 4 rings (SSSR count). The molecule has 0 unspecified atom stereocenters. The molecule has 0 radical (unpaired) electrons. The molecule has 1 fully saturated rings. The Morgan fingerprint density at radius 2 is 1.75 bits per heavy atom. The van der Waals surface area contributed by atoms with E-state index < -0.39 is 0 Å². The summed E-state index contributed by atoms with van der Waals surface area (Å²) in [6, 6.07) is 19.0. The lowest BCUT2D eigenvalue weighted by molar-refractivity contribution is -0.126. The maximum atomic E-state index is 12.7. The zero-order chi connectivity index (χ0) is 22.3. The van der Waals surface area contributed by atoms with Crippen LogP contribution < -0.4 is 10.2 Å². The lowest BCUT2D eigenvalue weighted by Gasteiger charge is -2.32. The van der Waals surface area contributed by atoms with Crippen molar-refractivity contribution in [3.63, 3.8) is 0 Å². The van der Waals surface area contributed by atoms with Gasteiger partial charge in [-0.3, -0.25) is 4.79 Å². The SMILES string of the molecule is Cc1cccc(-c2cnc(N3CCC(C(=O)N[C@@H](C)CCc4ccccc4)CC3)nc2)c1. The minimum atomic E-state index is 0.0667. The molecule has 5 heteroatoms. The largest absolute Gasteiger partial charge is 0.353 e. The number of hydrogen-bond acceptors (Lipinski definition) is 4. The number of carbonyl (C=O) groups excluding carboxylic acids is 1. The monoisotopic (exact) mass is 428 g/mol. The van der Waals surface area contributed by atoms with Crippen LogP contribution in [0.4, 0.5) is 5.95 Å². The summed E-state index contributed by atoms with van der Waals surface area (Å²) < 4.78 is 0. The molecule has 0 spiro atoms. The topological polar surface area (TPSA) is 58.1 Å². The molecule has 2 heterocycles. The molecule has 1 N–H and O–H groups in total. The van der Waals surface area contributed by atoms with Crippen molar-refractivity contribution in [2.75, 3.05) is 18.0 Å². The highest BCUT2D eigenvalue weighted by atomic mass is 16.1. The van der Waals surface area contributed by atoms with E-state index in [0.29, 0.717) is 0 Å². The molecule has 1 atom stereocenters. The second-order valence-electron chi connectivity index (χ2n) is 8.84. The second-order valence-corrected chi connectivity index (χ2v) is 8.84. The molecule has 166 valence electrons. The number of hydrogen-bond donors (Lipinski definition) is 1. The first-order valence-electron chi connectivity index (χ1n) is 11.6. The van der Waals surface area contributed by atoms with Gasteiger partial charge >= 0.3 is 0 Å². The molecule has 1 aliphatic heterocycles. The van der Waals surface area contributed by atoms with Gasteiger partial charge in [0.15, 0.2) is 0 Å². The fraction of sp³-hybridized carbons (Fsp3) is 0.370. The molecular weight excluding hydrogens is 396 g/mol. The molecule has 0 bridgehead atoms. The first kappa shape index (κ1) is 22.0. The third kappa shape index (κ3) is 5.72. The third-order valence-electron chi connectivity index (χ3n) is 6.24. The first-order valence-corrected chi connectivity index (χ1v) is 11.6. The van der Waals surface area contributed by atoms with E-state index in [1.165, 1.54) is 11.1 Å². The summed E-state index contributed by atoms with van der Waals surface area (Å²) in [5.74, 6) is 0.995. The summed E-state index contributed by atoms with van der Waals surface area (Å²) in [6.07, 6.45) is 7.39. The summed E-state index contributed by atoms with van der Waals surface area (Å²) in [6.45, 7) is 5.79. The molecule has 5 nitrogen and oxygen atoms in total. The Hall–Kier alpha value is -3.21. The summed E-state index contributed by atoms with van der Waals surface area (Å²) >= 11 is 0. The average Bonchev–Trinajstić information content (AvgIpc) is 2.83. The molecule has 0 aliphatic carbocycles. The van der Waals surface area contributed by atoms with Crippen molar-refractivity contribution in [1.82, 2.24) is 15.3 Å². The van der Waals surface area contributed by atoms with Crippen molar-refractivity contribution in [3.8, 4) is 11.1 Å². The van der Waals surface area contributed by atoms with Crippen molar-refractivity contribution in [3.05, 3.63) is 78.1 Å². The Morgan fingerprint density at radius 3 is 2.44 bits per heavy atom. The number of amides is 1.